The molecule has 5 rings (SSSR count). The highest BCUT2D eigenvalue weighted by atomic mass is 32.2. The number of fused-ring (bicyclic) bond motifs is 1. The van der Waals surface area contributed by atoms with E-state index in [0.29, 0.717) is 36.4 Å². The zero-order valence-corrected chi connectivity index (χ0v) is 22.5. The quantitative estimate of drug-likeness (QED) is 0.237. The van der Waals surface area contributed by atoms with Crippen LogP contribution in [0.5, 0.6) is 5.75 Å². The van der Waals surface area contributed by atoms with E-state index in [1.807, 2.05) is 6.92 Å². The number of thiazole rings is 2. The summed E-state index contributed by atoms with van der Waals surface area (Å²) < 4.78 is 90.0. The first kappa shape index (κ1) is 27.4. The van der Waals surface area contributed by atoms with Crippen LogP contribution >= 0.6 is 34.4 Å². The number of alkyl halides is 6. The molecule has 1 aliphatic rings. The summed E-state index contributed by atoms with van der Waals surface area (Å²) in [6.07, 6.45) is -5.91. The number of ether oxygens (including phenoxy) is 1. The molecule has 4 aromatic rings. The summed E-state index contributed by atoms with van der Waals surface area (Å²) in [5, 5.41) is 3.03. The van der Waals surface area contributed by atoms with Gasteiger partial charge in [-0.2, -0.15) is 17.7 Å². The Hall–Kier alpha value is -3.17. The van der Waals surface area contributed by atoms with Gasteiger partial charge in [0.05, 0.1) is 17.1 Å². The molecule has 4 heterocycles. The van der Waals surface area contributed by atoms with Crippen molar-refractivity contribution in [2.45, 2.75) is 37.4 Å². The Morgan fingerprint density at radius 3 is 2.56 bits per heavy atom. The van der Waals surface area contributed by atoms with Crippen LogP contribution in [0.25, 0.3) is 11.1 Å². The van der Waals surface area contributed by atoms with Crippen LogP contribution in [0.2, 0.25) is 0 Å². The van der Waals surface area contributed by atoms with Crippen molar-refractivity contribution in [2.75, 3.05) is 11.9 Å². The van der Waals surface area contributed by atoms with Crippen LogP contribution in [0.1, 0.15) is 23.5 Å². The van der Waals surface area contributed by atoms with Gasteiger partial charge in [-0.1, -0.05) is 23.1 Å². The average Bonchev–Trinajstić information content (AvgIpc) is 3.61. The van der Waals surface area contributed by atoms with Crippen LogP contribution in [0.4, 0.5) is 32.0 Å². The number of hydrogen-bond donors (Lipinski definition) is 0. The Morgan fingerprint density at radius 1 is 1.13 bits per heavy atom. The van der Waals surface area contributed by atoms with E-state index < -0.39 is 18.3 Å². The fourth-order valence-corrected chi connectivity index (χ4v) is 7.29. The first-order chi connectivity index (χ1) is 18.3. The number of benzene rings is 1. The predicted molar refractivity (Wildman–Crippen MR) is 135 cm³/mol. The first-order valence-electron chi connectivity index (χ1n) is 11.2. The van der Waals surface area contributed by atoms with E-state index in [9.17, 15) is 31.1 Å². The molecule has 0 aliphatic carbocycles. The highest BCUT2D eigenvalue weighted by molar-refractivity contribution is 8.08. The maximum Gasteiger partial charge on any atom is 0.573 e. The maximum atomic E-state index is 13.4. The molecule has 0 unspecified atom stereocenters. The summed E-state index contributed by atoms with van der Waals surface area (Å²) >= 11 is 3.74. The van der Waals surface area contributed by atoms with Crippen LogP contribution in [0.15, 0.2) is 56.0 Å². The third-order valence-corrected chi connectivity index (χ3v) is 9.01. The van der Waals surface area contributed by atoms with Gasteiger partial charge in [0.25, 0.3) is 10.6 Å². The molecule has 15 heteroatoms. The normalized spacial score (nSPS) is 15.8. The fourth-order valence-electron chi connectivity index (χ4n) is 3.95. The molecule has 0 amide bonds. The number of thioether (sulfide) groups is 1. The van der Waals surface area contributed by atoms with E-state index in [-0.39, 0.29) is 23.6 Å². The van der Waals surface area contributed by atoms with Crippen LogP contribution < -0.4 is 29.0 Å². The Balaban J connectivity index is 1.52. The molecule has 0 spiro atoms. The van der Waals surface area contributed by atoms with Gasteiger partial charge in [-0.25, -0.2) is 0 Å². The van der Waals surface area contributed by atoms with Crippen molar-refractivity contribution in [1.82, 2.24) is 4.57 Å². The lowest BCUT2D eigenvalue weighted by molar-refractivity contribution is -0.686. The van der Waals surface area contributed by atoms with Gasteiger partial charge in [0.15, 0.2) is 12.0 Å². The summed E-state index contributed by atoms with van der Waals surface area (Å²) in [6.45, 7) is 2.23. The number of anilines is 1. The van der Waals surface area contributed by atoms with E-state index >= 15 is 0 Å². The second kappa shape index (κ2) is 10.1. The number of hydrogen-bond acceptors (Lipinski definition) is 7. The highest BCUT2D eigenvalue weighted by Crippen LogP contribution is 2.47. The minimum absolute atomic E-state index is 0.0631. The molecule has 0 fully saturated rings. The fraction of sp³-hybridized carbons (Fsp3) is 0.250. The number of halogens is 6. The van der Waals surface area contributed by atoms with Gasteiger partial charge in [-0.05, 0) is 37.3 Å². The monoisotopic (exact) mass is 606 g/mol. The van der Waals surface area contributed by atoms with Crippen LogP contribution in [-0.2, 0) is 19.3 Å². The SMILES string of the molecule is CCn1c(=Cc2scc[n+]2Cc2ccc(C(F)(F)F)o2)sc(=C2Sc3cc(OC(F)(F)F)ccc3N2C)c1=O. The molecule has 0 N–H and O–H groups in total. The lowest BCUT2D eigenvalue weighted by Gasteiger charge is -2.13. The highest BCUT2D eigenvalue weighted by Gasteiger charge is 2.35. The van der Waals surface area contributed by atoms with Gasteiger partial charge in [-0.15, -0.1) is 24.5 Å². The van der Waals surface area contributed by atoms with E-state index in [4.69, 9.17) is 4.42 Å². The Bertz CT molecular complexity index is 1710. The van der Waals surface area contributed by atoms with Crippen molar-refractivity contribution in [3.63, 3.8) is 0 Å². The minimum Gasteiger partial charge on any atom is -0.450 e. The Morgan fingerprint density at radius 2 is 1.90 bits per heavy atom. The zero-order valence-electron chi connectivity index (χ0n) is 20.1. The largest absolute Gasteiger partial charge is 0.573 e. The van der Waals surface area contributed by atoms with E-state index in [0.717, 1.165) is 6.07 Å². The molecule has 3 aromatic heterocycles. The summed E-state index contributed by atoms with van der Waals surface area (Å²) in [7, 11) is 1.73. The van der Waals surface area contributed by atoms with Crippen molar-refractivity contribution in [2.24, 2.45) is 0 Å². The van der Waals surface area contributed by atoms with E-state index in [2.05, 4.69) is 4.74 Å². The topological polar surface area (TPSA) is 51.5 Å². The first-order valence-corrected chi connectivity index (χ1v) is 13.7. The zero-order chi connectivity index (χ0) is 28.1. The standard InChI is InChI=1S/C24H18F6N3O3S3/c1-3-33-19(11-18-32(8-9-37-18)12-14-5-7-17(35-14)23(25,26)27)39-20(21(33)34)22-31(2)15-6-4-13(10-16(15)38-22)36-24(28,29)30/h4-11H,3,12H2,1-2H3/q+1. The van der Waals surface area contributed by atoms with E-state index in [1.54, 1.807) is 38.7 Å². The Kier molecular flexibility index (Phi) is 7.09. The van der Waals surface area contributed by atoms with Crippen LogP contribution in [0, 0.1) is 0 Å². The third kappa shape index (κ3) is 5.61. The number of aromatic nitrogens is 2. The summed E-state index contributed by atoms with van der Waals surface area (Å²) in [6, 6.07) is 6.16. The number of furan rings is 1. The van der Waals surface area contributed by atoms with Crippen molar-refractivity contribution < 1.29 is 40.1 Å². The molecule has 39 heavy (non-hydrogen) atoms. The molecule has 1 aliphatic heterocycles. The smallest absolute Gasteiger partial charge is 0.450 e. The lowest BCUT2D eigenvalue weighted by Crippen LogP contribution is -2.36. The number of rotatable bonds is 5. The summed E-state index contributed by atoms with van der Waals surface area (Å²) in [5.74, 6) is -1.29. The minimum atomic E-state index is -4.82. The number of nitrogens with zero attached hydrogens (tertiary/aromatic N) is 3. The summed E-state index contributed by atoms with van der Waals surface area (Å²) in [5.41, 5.74) is 0.380. The molecule has 6 nitrogen and oxygen atoms in total. The van der Waals surface area contributed by atoms with Crippen LogP contribution in [0.3, 0.4) is 0 Å². The molecule has 1 aromatic carbocycles. The molecule has 0 saturated carbocycles. The van der Waals surface area contributed by atoms with Gasteiger partial charge >= 0.3 is 12.5 Å². The molecule has 0 radical (unpaired) electrons. The Labute approximate surface area is 228 Å². The van der Waals surface area contributed by atoms with Crippen molar-refractivity contribution in [1.29, 1.82) is 0 Å². The van der Waals surface area contributed by atoms with Crippen molar-refractivity contribution in [3.05, 3.63) is 78.0 Å². The average molecular weight is 607 g/mol. The van der Waals surface area contributed by atoms with Crippen molar-refractivity contribution >= 4 is 51.2 Å². The molecular weight excluding hydrogens is 588 g/mol. The maximum absolute atomic E-state index is 13.4. The third-order valence-electron chi connectivity index (χ3n) is 5.69. The molecular formula is C24H18F6N3O3S3+. The molecule has 206 valence electrons. The van der Waals surface area contributed by atoms with Gasteiger partial charge in [0.1, 0.15) is 20.0 Å². The second-order valence-corrected chi connectivity index (χ2v) is 11.2. The van der Waals surface area contributed by atoms with Gasteiger partial charge in [0, 0.05) is 18.5 Å². The van der Waals surface area contributed by atoms with Gasteiger partial charge in [0.2, 0.25) is 12.3 Å². The summed E-state index contributed by atoms with van der Waals surface area (Å²) in [4.78, 5) is 15.6. The second-order valence-electron chi connectivity index (χ2n) is 8.24. The van der Waals surface area contributed by atoms with Gasteiger partial charge in [-0.3, -0.25) is 9.36 Å². The van der Waals surface area contributed by atoms with Crippen LogP contribution in [-0.4, -0.2) is 18.0 Å². The van der Waals surface area contributed by atoms with Crippen molar-refractivity contribution in [3.8, 4) is 5.75 Å². The van der Waals surface area contributed by atoms with E-state index in [1.165, 1.54) is 58.7 Å². The van der Waals surface area contributed by atoms with Gasteiger partial charge < -0.3 is 14.1 Å². The molecule has 0 saturated heterocycles. The predicted octanol–water partition coefficient (Wildman–Crippen LogP) is 4.97. The molecule has 0 bridgehead atoms. The molecule has 0 atom stereocenters. The lowest BCUT2D eigenvalue weighted by atomic mass is 10.3.